The first-order valence-corrected chi connectivity index (χ1v) is 8.96. The molecular formula is C20H22N4O2. The molecular weight excluding hydrogens is 328 g/mol. The summed E-state index contributed by atoms with van der Waals surface area (Å²) in [6.45, 7) is 0.559. The molecule has 1 aliphatic heterocycles. The molecule has 2 aromatic rings. The average molecular weight is 350 g/mol. The van der Waals surface area contributed by atoms with Crippen molar-refractivity contribution < 1.29 is 9.59 Å². The molecule has 2 fully saturated rings. The fourth-order valence-electron chi connectivity index (χ4n) is 3.22. The van der Waals surface area contributed by atoms with Crippen LogP contribution in [0.15, 0.2) is 54.6 Å². The van der Waals surface area contributed by atoms with Gasteiger partial charge in [0.25, 0.3) is 0 Å². The molecule has 4 rings (SSSR count). The highest BCUT2D eigenvalue weighted by atomic mass is 16.2. The minimum absolute atomic E-state index is 0.0537. The van der Waals surface area contributed by atoms with E-state index in [9.17, 15) is 9.59 Å². The Bertz CT molecular complexity index is 804. The Morgan fingerprint density at radius 3 is 2.27 bits per heavy atom. The van der Waals surface area contributed by atoms with Gasteiger partial charge in [-0.15, -0.1) is 0 Å². The monoisotopic (exact) mass is 350 g/mol. The van der Waals surface area contributed by atoms with E-state index < -0.39 is 0 Å². The normalized spacial score (nSPS) is 22.0. The summed E-state index contributed by atoms with van der Waals surface area (Å²) in [6.07, 6.45) is 1.93. The maximum Gasteiger partial charge on any atom is 0.230 e. The number of anilines is 2. The van der Waals surface area contributed by atoms with Crippen molar-refractivity contribution >= 4 is 23.2 Å². The van der Waals surface area contributed by atoms with Crippen molar-refractivity contribution in [1.29, 1.82) is 0 Å². The number of hydrazine groups is 1. The van der Waals surface area contributed by atoms with Crippen molar-refractivity contribution in [1.82, 2.24) is 10.9 Å². The van der Waals surface area contributed by atoms with Gasteiger partial charge in [-0.2, -0.15) is 0 Å². The lowest BCUT2D eigenvalue weighted by atomic mass is 9.94. The number of hydrogen-bond acceptors (Lipinski definition) is 4. The van der Waals surface area contributed by atoms with Crippen LogP contribution >= 0.6 is 0 Å². The number of hydrogen-bond donors (Lipinski definition) is 4. The number of carbonyl (C=O) groups is 2. The molecule has 0 spiro atoms. The van der Waals surface area contributed by atoms with Crippen LogP contribution in [0.5, 0.6) is 0 Å². The molecule has 2 aromatic carbocycles. The first-order chi connectivity index (χ1) is 12.7. The van der Waals surface area contributed by atoms with E-state index in [2.05, 4.69) is 21.5 Å². The smallest absolute Gasteiger partial charge is 0.230 e. The van der Waals surface area contributed by atoms with E-state index in [1.54, 1.807) is 6.07 Å². The molecule has 2 amide bonds. The Labute approximate surface area is 152 Å². The molecule has 6 nitrogen and oxygen atoms in total. The number of rotatable bonds is 5. The van der Waals surface area contributed by atoms with Crippen LogP contribution in [0, 0.1) is 11.8 Å². The predicted molar refractivity (Wildman–Crippen MR) is 100 cm³/mol. The van der Waals surface area contributed by atoms with Crippen molar-refractivity contribution in [2.45, 2.75) is 18.9 Å². The van der Waals surface area contributed by atoms with Crippen molar-refractivity contribution in [3.8, 4) is 0 Å². The summed E-state index contributed by atoms with van der Waals surface area (Å²) in [7, 11) is 0. The quantitative estimate of drug-likeness (QED) is 0.668. The molecule has 2 atom stereocenters. The van der Waals surface area contributed by atoms with Gasteiger partial charge in [-0.25, -0.2) is 5.43 Å². The third kappa shape index (κ3) is 3.76. The zero-order valence-electron chi connectivity index (χ0n) is 14.4. The second-order valence-electron chi connectivity index (χ2n) is 6.85. The second kappa shape index (κ2) is 7.27. The van der Waals surface area contributed by atoms with Crippen LogP contribution in [0.25, 0.3) is 0 Å². The molecule has 1 saturated heterocycles. The van der Waals surface area contributed by atoms with Gasteiger partial charge < -0.3 is 10.6 Å². The van der Waals surface area contributed by atoms with Crippen molar-refractivity contribution in [3.63, 3.8) is 0 Å². The van der Waals surface area contributed by atoms with Crippen LogP contribution < -0.4 is 21.5 Å². The van der Waals surface area contributed by atoms with Gasteiger partial charge in [0.1, 0.15) is 0 Å². The molecule has 0 radical (unpaired) electrons. The predicted octanol–water partition coefficient (Wildman–Crippen LogP) is 2.44. The Morgan fingerprint density at radius 2 is 1.58 bits per heavy atom. The molecule has 26 heavy (non-hydrogen) atoms. The van der Waals surface area contributed by atoms with Crippen LogP contribution in [0.3, 0.4) is 0 Å². The fourth-order valence-corrected chi connectivity index (χ4v) is 3.22. The zero-order valence-corrected chi connectivity index (χ0v) is 14.4. The van der Waals surface area contributed by atoms with Gasteiger partial charge in [0.15, 0.2) is 0 Å². The summed E-state index contributed by atoms with van der Waals surface area (Å²) in [5, 5.41) is 5.88. The third-order valence-corrected chi connectivity index (χ3v) is 4.82. The molecule has 2 aliphatic rings. The highest BCUT2D eigenvalue weighted by Gasteiger charge is 2.34. The summed E-state index contributed by atoms with van der Waals surface area (Å²) in [4.78, 5) is 24.7. The first kappa shape index (κ1) is 16.8. The van der Waals surface area contributed by atoms with E-state index in [1.165, 1.54) is 0 Å². The number of benzene rings is 2. The Hall–Kier alpha value is -2.70. The summed E-state index contributed by atoms with van der Waals surface area (Å²) in [6, 6.07) is 17.1. The first-order valence-electron chi connectivity index (χ1n) is 8.96. The van der Waals surface area contributed by atoms with Gasteiger partial charge in [0, 0.05) is 23.8 Å². The van der Waals surface area contributed by atoms with Gasteiger partial charge >= 0.3 is 0 Å². The average Bonchev–Trinajstić information content (AvgIpc) is 3.39. The summed E-state index contributed by atoms with van der Waals surface area (Å²) < 4.78 is 0. The lowest BCUT2D eigenvalue weighted by Crippen LogP contribution is -2.29. The number of nitrogens with one attached hydrogen (secondary N) is 4. The SMILES string of the molecule is O=C(Nc1cccc(NC(=O)C2CNNC2c2ccccc2)c1)C1CC1. The minimum atomic E-state index is -0.220. The van der Waals surface area contributed by atoms with E-state index in [0.29, 0.717) is 17.9 Å². The molecule has 0 aromatic heterocycles. The van der Waals surface area contributed by atoms with Crippen LogP contribution in [-0.2, 0) is 9.59 Å². The minimum Gasteiger partial charge on any atom is -0.326 e. The van der Waals surface area contributed by atoms with Crippen LogP contribution in [0.1, 0.15) is 24.4 Å². The molecule has 1 aliphatic carbocycles. The molecule has 1 heterocycles. The van der Waals surface area contributed by atoms with Crippen molar-refractivity contribution in [2.24, 2.45) is 11.8 Å². The van der Waals surface area contributed by atoms with Crippen molar-refractivity contribution in [3.05, 3.63) is 60.2 Å². The fraction of sp³-hybridized carbons (Fsp3) is 0.300. The Morgan fingerprint density at radius 1 is 0.885 bits per heavy atom. The summed E-state index contributed by atoms with van der Waals surface area (Å²) in [5.41, 5.74) is 8.72. The summed E-state index contributed by atoms with van der Waals surface area (Å²) >= 11 is 0. The van der Waals surface area contributed by atoms with E-state index in [0.717, 1.165) is 18.4 Å². The lowest BCUT2D eigenvalue weighted by molar-refractivity contribution is -0.120. The van der Waals surface area contributed by atoms with Crippen molar-refractivity contribution in [2.75, 3.05) is 17.2 Å². The molecule has 6 heteroatoms. The molecule has 2 unspecified atom stereocenters. The molecule has 134 valence electrons. The Balaban J connectivity index is 1.43. The van der Waals surface area contributed by atoms with E-state index >= 15 is 0 Å². The van der Waals surface area contributed by atoms with Gasteiger partial charge in [-0.05, 0) is 36.6 Å². The van der Waals surface area contributed by atoms with Gasteiger partial charge in [-0.3, -0.25) is 15.0 Å². The lowest BCUT2D eigenvalue weighted by Gasteiger charge is -2.18. The van der Waals surface area contributed by atoms with Gasteiger partial charge in [-0.1, -0.05) is 36.4 Å². The molecule has 0 bridgehead atoms. The maximum absolute atomic E-state index is 12.8. The number of amides is 2. The zero-order chi connectivity index (χ0) is 17.9. The van der Waals surface area contributed by atoms with Crippen LogP contribution in [0.2, 0.25) is 0 Å². The largest absolute Gasteiger partial charge is 0.326 e. The van der Waals surface area contributed by atoms with Crippen LogP contribution in [0.4, 0.5) is 11.4 Å². The third-order valence-electron chi connectivity index (χ3n) is 4.82. The van der Waals surface area contributed by atoms with E-state index in [1.807, 2.05) is 48.5 Å². The summed E-state index contributed by atoms with van der Waals surface area (Å²) in [5.74, 6) is -0.0681. The standard InChI is InChI=1S/C20H22N4O2/c25-19(14-9-10-14)22-15-7-4-8-16(11-15)23-20(26)17-12-21-24-18(17)13-5-2-1-3-6-13/h1-8,11,14,17-18,21,24H,9-10,12H2,(H,22,25)(H,23,26). The Kier molecular flexibility index (Phi) is 4.69. The molecule has 1 saturated carbocycles. The highest BCUT2D eigenvalue weighted by molar-refractivity contribution is 5.96. The van der Waals surface area contributed by atoms with Gasteiger partial charge in [0.2, 0.25) is 11.8 Å². The second-order valence-corrected chi connectivity index (χ2v) is 6.85. The van der Waals surface area contributed by atoms with Gasteiger partial charge in [0.05, 0.1) is 12.0 Å². The van der Waals surface area contributed by atoms with E-state index in [-0.39, 0.29) is 29.7 Å². The van der Waals surface area contributed by atoms with E-state index in [4.69, 9.17) is 0 Å². The van der Waals surface area contributed by atoms with Crippen LogP contribution in [-0.4, -0.2) is 18.4 Å². The number of carbonyl (C=O) groups excluding carboxylic acids is 2. The topological polar surface area (TPSA) is 82.3 Å². The molecule has 4 N–H and O–H groups in total. The maximum atomic E-state index is 12.8. The highest BCUT2D eigenvalue weighted by Crippen LogP contribution is 2.31.